The molecular formula is C15H16N2O4S. The van der Waals surface area contributed by atoms with Gasteiger partial charge in [-0.05, 0) is 23.8 Å². The van der Waals surface area contributed by atoms with Crippen LogP contribution in [0.1, 0.15) is 35.3 Å². The van der Waals surface area contributed by atoms with Gasteiger partial charge >= 0.3 is 0 Å². The van der Waals surface area contributed by atoms with Crippen molar-refractivity contribution in [3.8, 4) is 0 Å². The number of carbonyl (C=O) groups is 1. The third kappa shape index (κ3) is 2.04. The van der Waals surface area contributed by atoms with Gasteiger partial charge in [-0.2, -0.15) is 0 Å². The maximum Gasteiger partial charge on any atom is 0.277 e. The van der Waals surface area contributed by atoms with Crippen LogP contribution in [-0.4, -0.2) is 29.7 Å². The predicted octanol–water partition coefficient (Wildman–Crippen LogP) is 1.01. The monoisotopic (exact) mass is 320 g/mol. The van der Waals surface area contributed by atoms with E-state index in [0.717, 1.165) is 0 Å². The first-order chi connectivity index (χ1) is 10.1. The van der Waals surface area contributed by atoms with E-state index in [0.29, 0.717) is 11.1 Å². The van der Waals surface area contributed by atoms with Gasteiger partial charge in [0.2, 0.25) is 0 Å². The summed E-state index contributed by atoms with van der Waals surface area (Å²) in [4.78, 5) is 24.6. The highest BCUT2D eigenvalue weighted by Crippen LogP contribution is 2.39. The van der Waals surface area contributed by atoms with Gasteiger partial charge in [0.1, 0.15) is 5.56 Å². The van der Waals surface area contributed by atoms with Crippen molar-refractivity contribution >= 4 is 15.6 Å². The largest absolute Gasteiger partial charge is 0.302 e. The smallest absolute Gasteiger partial charge is 0.277 e. The molecule has 22 heavy (non-hydrogen) atoms. The van der Waals surface area contributed by atoms with Crippen LogP contribution < -0.4 is 5.56 Å². The van der Waals surface area contributed by atoms with Crippen molar-refractivity contribution in [1.29, 1.82) is 0 Å². The fraction of sp³-hybridized carbons (Fsp3) is 0.333. The number of ketones is 1. The summed E-state index contributed by atoms with van der Waals surface area (Å²) in [5.74, 6) is -0.386. The number of aryl methyl sites for hydroxylation is 1. The first-order valence-corrected chi connectivity index (χ1v) is 8.45. The van der Waals surface area contributed by atoms with Crippen LogP contribution in [0.3, 0.4) is 0 Å². The predicted molar refractivity (Wildman–Crippen MR) is 81.0 cm³/mol. The Hall–Kier alpha value is -2.15. The number of fused-ring (bicyclic) bond motifs is 1. The van der Waals surface area contributed by atoms with Crippen LogP contribution in [0.2, 0.25) is 0 Å². The minimum atomic E-state index is -3.31. The molecule has 0 unspecified atom stereocenters. The number of hydrogen-bond acceptors (Lipinski definition) is 4. The average Bonchev–Trinajstić information content (AvgIpc) is 2.85. The molecule has 0 radical (unpaired) electrons. The van der Waals surface area contributed by atoms with E-state index in [2.05, 4.69) is 5.10 Å². The van der Waals surface area contributed by atoms with Crippen LogP contribution in [0, 0.1) is 0 Å². The topological polar surface area (TPSA) is 89.0 Å². The quantitative estimate of drug-likeness (QED) is 0.836. The summed E-state index contributed by atoms with van der Waals surface area (Å²) in [5, 5.41) is 2.66. The molecule has 6 nitrogen and oxygen atoms in total. The maximum absolute atomic E-state index is 12.5. The van der Waals surface area contributed by atoms with Gasteiger partial charge < -0.3 is 5.10 Å². The van der Waals surface area contributed by atoms with Crippen molar-refractivity contribution in [2.24, 2.45) is 7.05 Å². The molecule has 0 fully saturated rings. The molecule has 1 aliphatic rings. The molecule has 116 valence electrons. The van der Waals surface area contributed by atoms with Gasteiger partial charge in [-0.25, -0.2) is 8.42 Å². The van der Waals surface area contributed by atoms with Crippen LogP contribution in [0.15, 0.2) is 34.1 Å². The molecule has 1 N–H and O–H groups in total. The van der Waals surface area contributed by atoms with Crippen molar-refractivity contribution < 1.29 is 13.2 Å². The normalized spacial score (nSPS) is 18.1. The van der Waals surface area contributed by atoms with E-state index in [1.54, 1.807) is 6.07 Å². The molecule has 0 atom stereocenters. The van der Waals surface area contributed by atoms with Gasteiger partial charge in [-0.1, -0.05) is 13.8 Å². The number of benzene rings is 1. The minimum Gasteiger partial charge on any atom is -0.302 e. The van der Waals surface area contributed by atoms with Crippen molar-refractivity contribution in [3.63, 3.8) is 0 Å². The third-order valence-corrected chi connectivity index (χ3v) is 6.17. The Balaban J connectivity index is 2.15. The number of aromatic amines is 1. The summed E-state index contributed by atoms with van der Waals surface area (Å²) in [5.41, 5.74) is 0.0397. The van der Waals surface area contributed by atoms with E-state index in [4.69, 9.17) is 0 Å². The summed E-state index contributed by atoms with van der Waals surface area (Å²) < 4.78 is 25.5. The second-order valence-corrected chi connectivity index (χ2v) is 8.19. The van der Waals surface area contributed by atoms with E-state index < -0.39 is 26.6 Å². The number of aromatic nitrogens is 2. The van der Waals surface area contributed by atoms with Gasteiger partial charge in [-0.3, -0.25) is 14.3 Å². The summed E-state index contributed by atoms with van der Waals surface area (Å²) >= 11 is 0. The zero-order valence-electron chi connectivity index (χ0n) is 12.5. The molecule has 0 saturated carbocycles. The number of rotatable bonds is 2. The van der Waals surface area contributed by atoms with Crippen LogP contribution in [0.4, 0.5) is 0 Å². The molecule has 2 heterocycles. The number of sulfone groups is 1. The molecule has 7 heteroatoms. The maximum atomic E-state index is 12.5. The molecule has 0 amide bonds. The second kappa shape index (κ2) is 4.42. The van der Waals surface area contributed by atoms with Gasteiger partial charge in [0.15, 0.2) is 15.6 Å². The Bertz CT molecular complexity index is 948. The number of carbonyl (C=O) groups excluding carboxylic acids is 1. The molecule has 0 bridgehead atoms. The Morgan fingerprint density at radius 3 is 2.59 bits per heavy atom. The molecule has 0 spiro atoms. The molecular weight excluding hydrogens is 304 g/mol. The first-order valence-electron chi connectivity index (χ1n) is 6.80. The van der Waals surface area contributed by atoms with Gasteiger partial charge in [0.25, 0.3) is 5.56 Å². The van der Waals surface area contributed by atoms with E-state index >= 15 is 0 Å². The van der Waals surface area contributed by atoms with Gasteiger partial charge in [0.05, 0.1) is 10.6 Å². The fourth-order valence-electron chi connectivity index (χ4n) is 2.88. The zero-order valence-corrected chi connectivity index (χ0v) is 13.3. The van der Waals surface area contributed by atoms with Crippen molar-refractivity contribution in [2.45, 2.75) is 24.2 Å². The lowest BCUT2D eigenvalue weighted by Crippen LogP contribution is -2.21. The van der Waals surface area contributed by atoms with Crippen molar-refractivity contribution in [3.05, 3.63) is 51.4 Å². The van der Waals surface area contributed by atoms with Gasteiger partial charge in [-0.15, -0.1) is 0 Å². The summed E-state index contributed by atoms with van der Waals surface area (Å²) in [6, 6.07) is 4.52. The van der Waals surface area contributed by atoms with Crippen LogP contribution in [0.5, 0.6) is 0 Å². The number of H-pyrrole nitrogens is 1. The first kappa shape index (κ1) is 14.8. The third-order valence-electron chi connectivity index (χ3n) is 4.04. The molecule has 0 saturated heterocycles. The highest BCUT2D eigenvalue weighted by molar-refractivity contribution is 7.91. The number of nitrogens with zero attached hydrogens (tertiary/aromatic N) is 1. The summed E-state index contributed by atoms with van der Waals surface area (Å²) in [6.45, 7) is 3.67. The Kier molecular flexibility index (Phi) is 2.97. The SMILES string of the molecule is Cn1[nH]cc(C(=O)c2ccc3c(c2)C(C)(C)CS3(=O)=O)c1=O. The molecule has 1 aromatic heterocycles. The van der Waals surface area contributed by atoms with E-state index in [-0.39, 0.29) is 16.2 Å². The summed E-state index contributed by atoms with van der Waals surface area (Å²) in [7, 11) is -1.78. The number of hydrogen-bond donors (Lipinski definition) is 1. The molecule has 2 aromatic rings. The van der Waals surface area contributed by atoms with E-state index in [1.165, 1.54) is 30.1 Å². The minimum absolute atomic E-state index is 0.0267. The standard InChI is InChI=1S/C15H16N2O4S/c1-15(2)8-22(20,21)12-5-4-9(6-11(12)15)13(18)10-7-16-17(3)14(10)19/h4-7,16H,8H2,1-3H3. The van der Waals surface area contributed by atoms with E-state index in [9.17, 15) is 18.0 Å². The highest BCUT2D eigenvalue weighted by Gasteiger charge is 2.40. The van der Waals surface area contributed by atoms with Gasteiger partial charge in [0, 0.05) is 24.2 Å². The van der Waals surface area contributed by atoms with Crippen LogP contribution in [-0.2, 0) is 22.3 Å². The molecule has 1 aromatic carbocycles. The Morgan fingerprint density at radius 2 is 2.00 bits per heavy atom. The van der Waals surface area contributed by atoms with Crippen LogP contribution >= 0.6 is 0 Å². The lowest BCUT2D eigenvalue weighted by molar-refractivity contribution is 0.103. The highest BCUT2D eigenvalue weighted by atomic mass is 32.2. The zero-order chi connectivity index (χ0) is 16.3. The Morgan fingerprint density at radius 1 is 1.32 bits per heavy atom. The van der Waals surface area contributed by atoms with Crippen molar-refractivity contribution in [2.75, 3.05) is 5.75 Å². The lowest BCUT2D eigenvalue weighted by atomic mass is 9.85. The molecule has 1 aliphatic heterocycles. The molecule has 0 aliphatic carbocycles. The molecule has 3 rings (SSSR count). The van der Waals surface area contributed by atoms with E-state index in [1.807, 2.05) is 13.8 Å². The number of nitrogens with one attached hydrogen (secondary N) is 1. The Labute approximate surface area is 127 Å². The second-order valence-electron chi connectivity index (χ2n) is 6.23. The summed E-state index contributed by atoms with van der Waals surface area (Å²) in [6.07, 6.45) is 1.36. The lowest BCUT2D eigenvalue weighted by Gasteiger charge is -2.17. The van der Waals surface area contributed by atoms with Crippen LogP contribution in [0.25, 0.3) is 0 Å². The average molecular weight is 320 g/mol. The fourth-order valence-corrected chi connectivity index (χ4v) is 5.09. The van der Waals surface area contributed by atoms with Crippen molar-refractivity contribution in [1.82, 2.24) is 9.78 Å².